The average molecular weight is 675 g/mol. The van der Waals surface area contributed by atoms with Crippen LogP contribution in [0.4, 0.5) is 5.82 Å². The molecule has 0 saturated carbocycles. The van der Waals surface area contributed by atoms with Gasteiger partial charge in [-0.05, 0) is 53.1 Å². The highest BCUT2D eigenvalue weighted by atomic mass is 32.1. The molecule has 8 aromatic rings. The highest BCUT2D eigenvalue weighted by Gasteiger charge is 2.26. The highest BCUT2D eigenvalue weighted by molar-refractivity contribution is 7.19. The molecule has 0 aliphatic carbocycles. The fraction of sp³-hybridized carbons (Fsp3) is 0. The number of aromatic nitrogens is 4. The molecule has 2 N–H and O–H groups in total. The first kappa shape index (κ1) is 28.6. The molecule has 6 heterocycles. The van der Waals surface area contributed by atoms with E-state index in [0.29, 0.717) is 11.5 Å². The normalized spacial score (nSPS) is 12.9. The summed E-state index contributed by atoms with van der Waals surface area (Å²) in [5, 5.41) is 22.8. The molecular formula is C39H26N6S3. The number of fused-ring (bicyclic) bond motifs is 3. The van der Waals surface area contributed by atoms with Gasteiger partial charge in [0.15, 0.2) is 5.82 Å². The molecule has 6 nitrogen and oxygen atoms in total. The largest absolute Gasteiger partial charge is 0.325 e. The number of nitrogens with zero attached hydrogens (tertiary/aromatic N) is 4. The zero-order valence-corrected chi connectivity index (χ0v) is 27.8. The van der Waals surface area contributed by atoms with Crippen molar-refractivity contribution in [2.45, 2.75) is 0 Å². The van der Waals surface area contributed by atoms with E-state index in [0.717, 1.165) is 48.1 Å². The summed E-state index contributed by atoms with van der Waals surface area (Å²) in [5.41, 5.74) is 5.67. The van der Waals surface area contributed by atoms with Crippen molar-refractivity contribution in [2.24, 2.45) is 0 Å². The lowest BCUT2D eigenvalue weighted by Gasteiger charge is -2.20. The van der Waals surface area contributed by atoms with E-state index in [9.17, 15) is 0 Å². The monoisotopic (exact) mass is 674 g/mol. The van der Waals surface area contributed by atoms with E-state index in [-0.39, 0.29) is 0 Å². The lowest BCUT2D eigenvalue weighted by Crippen LogP contribution is -2.21. The minimum atomic E-state index is 0.411. The fourth-order valence-electron chi connectivity index (χ4n) is 5.78. The summed E-state index contributed by atoms with van der Waals surface area (Å²) in [6.45, 7) is 0. The Morgan fingerprint density at radius 3 is 1.60 bits per heavy atom. The minimum Gasteiger partial charge on any atom is -0.325 e. The summed E-state index contributed by atoms with van der Waals surface area (Å²) < 4.78 is 3.78. The Bertz CT molecular complexity index is 2440. The van der Waals surface area contributed by atoms with E-state index >= 15 is 0 Å². The van der Waals surface area contributed by atoms with Gasteiger partial charge < -0.3 is 5.32 Å². The van der Waals surface area contributed by atoms with Crippen molar-refractivity contribution < 1.29 is 0 Å². The van der Waals surface area contributed by atoms with Crippen LogP contribution in [0, 0.1) is 5.41 Å². The predicted molar refractivity (Wildman–Crippen MR) is 201 cm³/mol. The molecule has 0 saturated heterocycles. The zero-order chi connectivity index (χ0) is 32.0. The summed E-state index contributed by atoms with van der Waals surface area (Å²) in [6, 6.07) is 48.0. The topological polar surface area (TPSA) is 71.5 Å². The van der Waals surface area contributed by atoms with Crippen LogP contribution in [0.25, 0.3) is 64.1 Å². The van der Waals surface area contributed by atoms with Gasteiger partial charge in [-0.3, -0.25) is 5.41 Å². The van der Waals surface area contributed by atoms with Gasteiger partial charge >= 0.3 is 0 Å². The number of benzene rings is 3. The Labute approximate surface area is 289 Å². The van der Waals surface area contributed by atoms with Crippen molar-refractivity contribution in [3.63, 3.8) is 0 Å². The summed E-state index contributed by atoms with van der Waals surface area (Å²) in [4.78, 5) is 6.55. The van der Waals surface area contributed by atoms with Crippen molar-refractivity contribution in [3.8, 4) is 58.3 Å². The van der Waals surface area contributed by atoms with Crippen molar-refractivity contribution in [1.82, 2.24) is 19.6 Å². The third kappa shape index (κ3) is 5.24. The van der Waals surface area contributed by atoms with Crippen molar-refractivity contribution in [2.75, 3.05) is 5.32 Å². The van der Waals surface area contributed by atoms with Crippen LogP contribution in [0.2, 0.25) is 0 Å². The Balaban J connectivity index is 1.11. The van der Waals surface area contributed by atoms with Crippen LogP contribution in [-0.4, -0.2) is 25.3 Å². The van der Waals surface area contributed by atoms with Crippen molar-refractivity contribution >= 4 is 51.4 Å². The Morgan fingerprint density at radius 1 is 0.542 bits per heavy atom. The minimum absolute atomic E-state index is 0.411. The first-order valence-electron chi connectivity index (χ1n) is 15.4. The molecule has 0 fully saturated rings. The Hall–Kier alpha value is -5.61. The third-order valence-electron chi connectivity index (χ3n) is 8.15. The number of anilines is 1. The lowest BCUT2D eigenvalue weighted by atomic mass is 10.2. The number of rotatable bonds is 7. The smallest absolute Gasteiger partial charge is 0.161 e. The summed E-state index contributed by atoms with van der Waals surface area (Å²) >= 11 is 5.05. The van der Waals surface area contributed by atoms with Gasteiger partial charge in [-0.25, -0.2) is 0 Å². The highest BCUT2D eigenvalue weighted by Crippen LogP contribution is 2.40. The summed E-state index contributed by atoms with van der Waals surface area (Å²) in [6.07, 6.45) is 1.86. The number of hydrogen-bond acceptors (Lipinski definition) is 7. The van der Waals surface area contributed by atoms with Gasteiger partial charge in [-0.2, -0.15) is 19.6 Å². The maximum absolute atomic E-state index is 9.10. The van der Waals surface area contributed by atoms with Crippen LogP contribution in [-0.2, 0) is 0 Å². The molecule has 1 aliphatic rings. The maximum Gasteiger partial charge on any atom is 0.161 e. The number of nitrogens with one attached hydrogen (secondary N) is 2. The van der Waals surface area contributed by atoms with E-state index < -0.39 is 0 Å². The predicted octanol–water partition coefficient (Wildman–Crippen LogP) is 10.9. The first-order chi connectivity index (χ1) is 23.7. The zero-order valence-electron chi connectivity index (χ0n) is 25.4. The van der Waals surface area contributed by atoms with Crippen LogP contribution < -0.4 is 5.32 Å². The van der Waals surface area contributed by atoms with E-state index in [1.807, 2.05) is 51.8 Å². The van der Waals surface area contributed by atoms with E-state index in [4.69, 9.17) is 15.6 Å². The maximum atomic E-state index is 9.10. The van der Waals surface area contributed by atoms with Gasteiger partial charge in [0, 0.05) is 32.8 Å². The molecule has 0 radical (unpaired) electrons. The third-order valence-corrected chi connectivity index (χ3v) is 11.6. The number of hydrogen-bond donors (Lipinski definition) is 2. The summed E-state index contributed by atoms with van der Waals surface area (Å²) in [7, 11) is 0. The molecular weight excluding hydrogens is 649 g/mol. The van der Waals surface area contributed by atoms with Crippen molar-refractivity contribution in [1.29, 1.82) is 5.41 Å². The molecule has 0 bridgehead atoms. The fourth-order valence-corrected chi connectivity index (χ4v) is 8.65. The molecule has 3 aromatic carbocycles. The molecule has 1 aliphatic heterocycles. The quantitative estimate of drug-likeness (QED) is 0.165. The van der Waals surface area contributed by atoms with Crippen LogP contribution >= 0.6 is 34.0 Å². The van der Waals surface area contributed by atoms with Gasteiger partial charge in [0.1, 0.15) is 23.0 Å². The molecule has 230 valence electrons. The molecule has 9 heteroatoms. The van der Waals surface area contributed by atoms with Gasteiger partial charge in [0.2, 0.25) is 0 Å². The van der Waals surface area contributed by atoms with Crippen LogP contribution in [0.15, 0.2) is 146 Å². The lowest BCUT2D eigenvalue weighted by molar-refractivity contribution is 0.758. The molecule has 48 heavy (non-hydrogen) atoms. The molecule has 0 amide bonds. The standard InChI is InChI=1S/C39H26N6S3/c40-28(34-19-16-31(46-34)25-10-4-1-5-11-25)22-37-41-38-23-29(35-20-17-32(47-35)26-12-6-2-7-13-26)42-45(38)39-24-30(43-44(37)39)36-21-18-33(48-36)27-14-8-3-9-15-27/h1-24,40-41H/b37-22+,40-28?. The van der Waals surface area contributed by atoms with Crippen LogP contribution in [0.5, 0.6) is 0 Å². The van der Waals surface area contributed by atoms with Crippen LogP contribution in [0.1, 0.15) is 4.88 Å². The van der Waals surface area contributed by atoms with Crippen LogP contribution in [0.3, 0.4) is 0 Å². The van der Waals surface area contributed by atoms with Gasteiger partial charge in [-0.15, -0.1) is 34.0 Å². The average Bonchev–Trinajstić information content (AvgIpc) is 3.98. The number of thiophene rings is 3. The van der Waals surface area contributed by atoms with Gasteiger partial charge in [-0.1, -0.05) is 91.0 Å². The first-order valence-corrected chi connectivity index (χ1v) is 17.9. The van der Waals surface area contributed by atoms with Gasteiger partial charge in [0.25, 0.3) is 0 Å². The molecule has 5 aromatic heterocycles. The second-order valence-electron chi connectivity index (χ2n) is 11.3. The SMILES string of the molecule is N=C(/C=C1\Nc2cc(-c3ccc(-c4ccccc4)s3)nn2-c2cc(-c3ccc(-c4ccccc4)s3)nn21)c1ccc(-c2ccccc2)s1. The van der Waals surface area contributed by atoms with E-state index in [2.05, 4.69) is 108 Å². The Morgan fingerprint density at radius 2 is 1.02 bits per heavy atom. The number of allylic oxidation sites excluding steroid dienone is 1. The van der Waals surface area contributed by atoms with Crippen molar-refractivity contribution in [3.05, 3.63) is 150 Å². The second kappa shape index (κ2) is 11.9. The molecule has 0 spiro atoms. The summed E-state index contributed by atoms with van der Waals surface area (Å²) in [5.74, 6) is 2.34. The Kier molecular flexibility index (Phi) is 7.08. The second-order valence-corrected chi connectivity index (χ2v) is 14.5. The molecule has 0 atom stereocenters. The van der Waals surface area contributed by atoms with E-state index in [1.165, 1.54) is 20.9 Å². The van der Waals surface area contributed by atoms with Gasteiger partial charge in [0.05, 0.1) is 20.3 Å². The van der Waals surface area contributed by atoms with E-state index in [1.54, 1.807) is 34.0 Å². The molecule has 9 rings (SSSR count). The molecule has 0 unspecified atom stereocenters.